The standard InChI is InChI=1S/C14H20ClN3O/c1-17-6-8-18(9-7-17)11-14(19)16-10-12-2-4-13(15)5-3-12/h2-5H,6-11H2,1H3,(H,16,19)/p+2. The Balaban J connectivity index is 1.71. The Morgan fingerprint density at radius 3 is 2.47 bits per heavy atom. The molecule has 0 radical (unpaired) electrons. The molecule has 0 atom stereocenters. The van der Waals surface area contributed by atoms with Gasteiger partial charge in [-0.05, 0) is 17.7 Å². The highest BCUT2D eigenvalue weighted by atomic mass is 35.5. The molecule has 0 aromatic heterocycles. The average Bonchev–Trinajstić information content (AvgIpc) is 2.41. The van der Waals surface area contributed by atoms with Crippen molar-refractivity contribution in [1.29, 1.82) is 0 Å². The maximum Gasteiger partial charge on any atom is 0.275 e. The minimum Gasteiger partial charge on any atom is -0.347 e. The van der Waals surface area contributed by atoms with Gasteiger partial charge in [-0.2, -0.15) is 0 Å². The molecule has 1 amide bonds. The fourth-order valence-electron chi connectivity index (χ4n) is 2.30. The lowest BCUT2D eigenvalue weighted by molar-refractivity contribution is -1.000. The number of piperazine rings is 1. The van der Waals surface area contributed by atoms with Gasteiger partial charge >= 0.3 is 0 Å². The number of carbonyl (C=O) groups excluding carboxylic acids is 1. The maximum atomic E-state index is 11.9. The van der Waals surface area contributed by atoms with E-state index in [1.54, 1.807) is 4.90 Å². The van der Waals surface area contributed by atoms with E-state index in [1.807, 2.05) is 24.3 Å². The second kappa shape index (κ2) is 6.89. The molecular formula is C14H22ClN3O+2. The molecule has 2 rings (SSSR count). The highest BCUT2D eigenvalue weighted by Gasteiger charge is 2.21. The van der Waals surface area contributed by atoms with Crippen molar-refractivity contribution in [1.82, 2.24) is 5.32 Å². The van der Waals surface area contributed by atoms with Crippen LogP contribution in [0.3, 0.4) is 0 Å². The summed E-state index contributed by atoms with van der Waals surface area (Å²) in [5, 5.41) is 3.69. The number of hydrogen-bond donors (Lipinski definition) is 3. The molecule has 0 spiro atoms. The van der Waals surface area contributed by atoms with Crippen LogP contribution in [0, 0.1) is 0 Å². The lowest BCUT2D eigenvalue weighted by atomic mass is 10.2. The third kappa shape index (κ3) is 4.82. The minimum atomic E-state index is 0.129. The number of likely N-dealkylation sites (N-methyl/N-ethyl adjacent to an activating group) is 1. The van der Waals surface area contributed by atoms with Gasteiger partial charge in [0, 0.05) is 11.6 Å². The van der Waals surface area contributed by atoms with Crippen molar-refractivity contribution < 1.29 is 14.6 Å². The quantitative estimate of drug-likeness (QED) is 0.610. The summed E-state index contributed by atoms with van der Waals surface area (Å²) in [5.41, 5.74) is 1.08. The monoisotopic (exact) mass is 283 g/mol. The van der Waals surface area contributed by atoms with Gasteiger partial charge in [-0.25, -0.2) is 0 Å². The van der Waals surface area contributed by atoms with Crippen LogP contribution in [-0.2, 0) is 11.3 Å². The summed E-state index contributed by atoms with van der Waals surface area (Å²) in [7, 11) is 2.21. The summed E-state index contributed by atoms with van der Waals surface area (Å²) >= 11 is 5.82. The highest BCUT2D eigenvalue weighted by Crippen LogP contribution is 2.08. The van der Waals surface area contributed by atoms with Crippen molar-refractivity contribution in [3.63, 3.8) is 0 Å². The average molecular weight is 284 g/mol. The van der Waals surface area contributed by atoms with E-state index in [2.05, 4.69) is 12.4 Å². The number of halogens is 1. The molecule has 19 heavy (non-hydrogen) atoms. The maximum absolute atomic E-state index is 11.9. The lowest BCUT2D eigenvalue weighted by Crippen LogP contribution is -3.27. The smallest absolute Gasteiger partial charge is 0.275 e. The molecule has 1 heterocycles. The van der Waals surface area contributed by atoms with E-state index in [0.29, 0.717) is 13.1 Å². The molecule has 104 valence electrons. The Morgan fingerprint density at radius 2 is 1.84 bits per heavy atom. The van der Waals surface area contributed by atoms with Gasteiger partial charge in [0.25, 0.3) is 5.91 Å². The van der Waals surface area contributed by atoms with E-state index in [4.69, 9.17) is 11.6 Å². The van der Waals surface area contributed by atoms with E-state index in [9.17, 15) is 4.79 Å². The van der Waals surface area contributed by atoms with Gasteiger partial charge in [0.05, 0.1) is 7.05 Å². The largest absolute Gasteiger partial charge is 0.347 e. The van der Waals surface area contributed by atoms with Crippen LogP contribution in [0.5, 0.6) is 0 Å². The zero-order valence-electron chi connectivity index (χ0n) is 11.3. The third-order valence-corrected chi connectivity index (χ3v) is 3.88. The molecule has 1 aliphatic heterocycles. The molecule has 1 aromatic rings. The van der Waals surface area contributed by atoms with Crippen molar-refractivity contribution in [2.24, 2.45) is 0 Å². The Hall–Kier alpha value is -1.10. The van der Waals surface area contributed by atoms with E-state index >= 15 is 0 Å². The molecule has 5 heteroatoms. The molecule has 0 bridgehead atoms. The number of benzene rings is 1. The van der Waals surface area contributed by atoms with Gasteiger partial charge < -0.3 is 15.1 Å². The summed E-state index contributed by atoms with van der Waals surface area (Å²) in [6.45, 7) is 5.63. The van der Waals surface area contributed by atoms with Crippen LogP contribution in [0.4, 0.5) is 0 Å². The predicted molar refractivity (Wildman–Crippen MR) is 75.5 cm³/mol. The number of hydrogen-bond acceptors (Lipinski definition) is 1. The number of carbonyl (C=O) groups is 1. The highest BCUT2D eigenvalue weighted by molar-refractivity contribution is 6.30. The minimum absolute atomic E-state index is 0.129. The molecular weight excluding hydrogens is 262 g/mol. The van der Waals surface area contributed by atoms with E-state index in [0.717, 1.165) is 36.8 Å². The van der Waals surface area contributed by atoms with Crippen molar-refractivity contribution in [2.75, 3.05) is 39.8 Å². The summed E-state index contributed by atoms with van der Waals surface area (Å²) < 4.78 is 0. The summed E-state index contributed by atoms with van der Waals surface area (Å²) in [6, 6.07) is 7.57. The SMILES string of the molecule is C[NH+]1CC[NH+](CC(=O)NCc2ccc(Cl)cc2)CC1. The van der Waals surface area contributed by atoms with Crippen molar-refractivity contribution in [2.45, 2.75) is 6.54 Å². The number of amides is 1. The van der Waals surface area contributed by atoms with Gasteiger partial charge in [0.15, 0.2) is 6.54 Å². The first-order valence-corrected chi connectivity index (χ1v) is 7.17. The van der Waals surface area contributed by atoms with Gasteiger partial charge in [0.1, 0.15) is 26.2 Å². The van der Waals surface area contributed by atoms with E-state index in [-0.39, 0.29) is 5.91 Å². The first kappa shape index (κ1) is 14.3. The van der Waals surface area contributed by atoms with Crippen LogP contribution >= 0.6 is 11.6 Å². The topological polar surface area (TPSA) is 38.0 Å². The summed E-state index contributed by atoms with van der Waals surface area (Å²) in [4.78, 5) is 14.8. The second-order valence-electron chi connectivity index (χ2n) is 5.29. The molecule has 4 nitrogen and oxygen atoms in total. The Labute approximate surface area is 119 Å². The Kier molecular flexibility index (Phi) is 5.19. The Bertz CT molecular complexity index is 413. The van der Waals surface area contributed by atoms with Crippen LogP contribution in [0.15, 0.2) is 24.3 Å². The first-order valence-electron chi connectivity index (χ1n) is 6.79. The van der Waals surface area contributed by atoms with Crippen LogP contribution in [0.25, 0.3) is 0 Å². The van der Waals surface area contributed by atoms with Crippen molar-refractivity contribution in [3.8, 4) is 0 Å². The molecule has 0 aliphatic carbocycles. The molecule has 1 aliphatic rings. The zero-order valence-corrected chi connectivity index (χ0v) is 12.1. The first-order chi connectivity index (χ1) is 9.13. The molecule has 3 N–H and O–H groups in total. The molecule has 1 fully saturated rings. The second-order valence-corrected chi connectivity index (χ2v) is 5.72. The summed E-state index contributed by atoms with van der Waals surface area (Å²) in [6.07, 6.45) is 0. The van der Waals surface area contributed by atoms with Gasteiger partial charge in [-0.1, -0.05) is 23.7 Å². The van der Waals surface area contributed by atoms with E-state index < -0.39 is 0 Å². The molecule has 0 saturated carbocycles. The number of rotatable bonds is 4. The van der Waals surface area contributed by atoms with Crippen LogP contribution in [0.1, 0.15) is 5.56 Å². The Morgan fingerprint density at radius 1 is 1.21 bits per heavy atom. The van der Waals surface area contributed by atoms with E-state index in [1.165, 1.54) is 4.90 Å². The third-order valence-electron chi connectivity index (χ3n) is 3.62. The molecule has 1 aromatic carbocycles. The fraction of sp³-hybridized carbons (Fsp3) is 0.500. The van der Waals surface area contributed by atoms with Crippen LogP contribution in [-0.4, -0.2) is 45.7 Å². The lowest BCUT2D eigenvalue weighted by Gasteiger charge is -2.26. The normalized spacial score (nSPS) is 23.1. The predicted octanol–water partition coefficient (Wildman–Crippen LogP) is -1.63. The van der Waals surface area contributed by atoms with Crippen LogP contribution < -0.4 is 15.1 Å². The van der Waals surface area contributed by atoms with Gasteiger partial charge in [-0.3, -0.25) is 4.79 Å². The molecule has 1 saturated heterocycles. The van der Waals surface area contributed by atoms with Crippen molar-refractivity contribution in [3.05, 3.63) is 34.9 Å². The molecule has 0 unspecified atom stereocenters. The zero-order chi connectivity index (χ0) is 13.7. The van der Waals surface area contributed by atoms with Gasteiger partial charge in [0.2, 0.25) is 0 Å². The summed E-state index contributed by atoms with van der Waals surface area (Å²) in [5.74, 6) is 0.129. The number of quaternary nitrogens is 2. The number of nitrogens with one attached hydrogen (secondary N) is 3. The van der Waals surface area contributed by atoms with Gasteiger partial charge in [-0.15, -0.1) is 0 Å². The fourth-order valence-corrected chi connectivity index (χ4v) is 2.43. The van der Waals surface area contributed by atoms with Crippen molar-refractivity contribution >= 4 is 17.5 Å². The van der Waals surface area contributed by atoms with Crippen LogP contribution in [0.2, 0.25) is 5.02 Å².